The lowest BCUT2D eigenvalue weighted by Crippen LogP contribution is -2.33. The summed E-state index contributed by atoms with van der Waals surface area (Å²) in [6, 6.07) is 5.92. The zero-order valence-corrected chi connectivity index (χ0v) is 9.84. The second-order valence-electron chi connectivity index (χ2n) is 4.29. The van der Waals surface area contributed by atoms with Crippen molar-refractivity contribution in [2.45, 2.75) is 38.6 Å². The third kappa shape index (κ3) is 1.28. The van der Waals surface area contributed by atoms with Crippen LogP contribution in [0.25, 0.3) is 0 Å². The minimum Gasteiger partial charge on any atom is -0.326 e. The summed E-state index contributed by atoms with van der Waals surface area (Å²) in [6.07, 6.45) is 1.64. The van der Waals surface area contributed by atoms with Crippen LogP contribution in [0, 0.1) is 0 Å². The summed E-state index contributed by atoms with van der Waals surface area (Å²) in [5.41, 5.74) is 8.53. The zero-order chi connectivity index (χ0) is 11.8. The number of amides is 1. The van der Waals surface area contributed by atoms with Crippen molar-refractivity contribution in [3.63, 3.8) is 0 Å². The molecule has 0 saturated heterocycles. The third-order valence-electron chi connectivity index (χ3n) is 3.74. The summed E-state index contributed by atoms with van der Waals surface area (Å²) in [6.45, 7) is 4.61. The fourth-order valence-corrected chi connectivity index (χ4v) is 2.72. The number of carbonyl (C=O) groups excluding carboxylic acids is 1. The molecule has 1 aliphatic heterocycles. The lowest BCUT2D eigenvalue weighted by Gasteiger charge is -2.26. The molecule has 1 aliphatic rings. The van der Waals surface area contributed by atoms with Gasteiger partial charge in [0.05, 0.1) is 5.41 Å². The first-order chi connectivity index (χ1) is 7.69. The maximum atomic E-state index is 12.1. The maximum absolute atomic E-state index is 12.1. The highest BCUT2D eigenvalue weighted by Crippen LogP contribution is 2.44. The Morgan fingerprint density at radius 2 is 2.00 bits per heavy atom. The largest absolute Gasteiger partial charge is 0.326 e. The first-order valence-electron chi connectivity index (χ1n) is 5.83. The minimum absolute atomic E-state index is 0.119. The van der Waals surface area contributed by atoms with Crippen molar-refractivity contribution in [1.29, 1.82) is 0 Å². The average molecular weight is 218 g/mol. The van der Waals surface area contributed by atoms with Crippen LogP contribution in [0.5, 0.6) is 0 Å². The lowest BCUT2D eigenvalue weighted by molar-refractivity contribution is -0.121. The predicted molar refractivity (Wildman–Crippen MR) is 65.2 cm³/mol. The van der Waals surface area contributed by atoms with Gasteiger partial charge in [0.2, 0.25) is 5.91 Å². The SMILES string of the molecule is CCC1(CC)C(=O)Nc2cccc(CN)c21. The molecule has 2 rings (SSSR count). The summed E-state index contributed by atoms with van der Waals surface area (Å²) >= 11 is 0. The Hall–Kier alpha value is -1.35. The van der Waals surface area contributed by atoms with Crippen molar-refractivity contribution < 1.29 is 4.79 Å². The van der Waals surface area contributed by atoms with E-state index < -0.39 is 0 Å². The first-order valence-corrected chi connectivity index (χ1v) is 5.83. The summed E-state index contributed by atoms with van der Waals surface area (Å²) in [4.78, 5) is 12.1. The van der Waals surface area contributed by atoms with Crippen molar-refractivity contribution in [3.8, 4) is 0 Å². The number of anilines is 1. The van der Waals surface area contributed by atoms with Crippen molar-refractivity contribution in [3.05, 3.63) is 29.3 Å². The second-order valence-corrected chi connectivity index (χ2v) is 4.29. The van der Waals surface area contributed by atoms with Gasteiger partial charge in [-0.25, -0.2) is 0 Å². The van der Waals surface area contributed by atoms with Crippen molar-refractivity contribution in [1.82, 2.24) is 0 Å². The molecule has 1 amide bonds. The van der Waals surface area contributed by atoms with Gasteiger partial charge in [-0.2, -0.15) is 0 Å². The standard InChI is InChI=1S/C13H18N2O/c1-3-13(4-2)11-9(8-14)6-5-7-10(11)15-12(13)16/h5-7H,3-4,8,14H2,1-2H3,(H,15,16). The van der Waals surface area contributed by atoms with Crippen LogP contribution in [-0.4, -0.2) is 5.91 Å². The monoisotopic (exact) mass is 218 g/mol. The molecule has 3 N–H and O–H groups in total. The number of fused-ring (bicyclic) bond motifs is 1. The average Bonchev–Trinajstić information content (AvgIpc) is 2.61. The quantitative estimate of drug-likeness (QED) is 0.816. The molecule has 0 radical (unpaired) electrons. The highest BCUT2D eigenvalue weighted by Gasteiger charge is 2.44. The van der Waals surface area contributed by atoms with Crippen LogP contribution in [0.1, 0.15) is 37.8 Å². The van der Waals surface area contributed by atoms with Gasteiger partial charge in [-0.05, 0) is 30.0 Å². The van der Waals surface area contributed by atoms with E-state index in [2.05, 4.69) is 19.2 Å². The Morgan fingerprint density at radius 3 is 2.56 bits per heavy atom. The number of nitrogens with two attached hydrogens (primary N) is 1. The summed E-state index contributed by atoms with van der Waals surface area (Å²) in [5.74, 6) is 0.119. The molecule has 0 unspecified atom stereocenters. The number of benzene rings is 1. The van der Waals surface area contributed by atoms with Crippen LogP contribution in [0.3, 0.4) is 0 Å². The van der Waals surface area contributed by atoms with E-state index in [1.54, 1.807) is 0 Å². The molecule has 0 bridgehead atoms. The van der Waals surface area contributed by atoms with Gasteiger partial charge in [0.15, 0.2) is 0 Å². The van der Waals surface area contributed by atoms with Gasteiger partial charge in [-0.3, -0.25) is 4.79 Å². The molecule has 0 saturated carbocycles. The van der Waals surface area contributed by atoms with Crippen LogP contribution in [0.4, 0.5) is 5.69 Å². The minimum atomic E-state index is -0.370. The molecule has 3 nitrogen and oxygen atoms in total. The summed E-state index contributed by atoms with van der Waals surface area (Å²) < 4.78 is 0. The summed E-state index contributed by atoms with van der Waals surface area (Å²) in [5, 5.41) is 2.97. The van der Waals surface area contributed by atoms with E-state index in [4.69, 9.17) is 5.73 Å². The normalized spacial score (nSPS) is 17.1. The van der Waals surface area contributed by atoms with Crippen LogP contribution >= 0.6 is 0 Å². The van der Waals surface area contributed by atoms with E-state index in [0.29, 0.717) is 6.54 Å². The fraction of sp³-hybridized carbons (Fsp3) is 0.462. The number of nitrogens with one attached hydrogen (secondary N) is 1. The maximum Gasteiger partial charge on any atom is 0.235 e. The highest BCUT2D eigenvalue weighted by atomic mass is 16.2. The molecule has 86 valence electrons. The number of carbonyl (C=O) groups is 1. The molecule has 1 aromatic rings. The third-order valence-corrected chi connectivity index (χ3v) is 3.74. The van der Waals surface area contributed by atoms with E-state index in [9.17, 15) is 4.79 Å². The van der Waals surface area contributed by atoms with Crippen LogP contribution in [-0.2, 0) is 16.8 Å². The van der Waals surface area contributed by atoms with Crippen molar-refractivity contribution >= 4 is 11.6 Å². The van der Waals surface area contributed by atoms with Crippen LogP contribution in [0.15, 0.2) is 18.2 Å². The van der Waals surface area contributed by atoms with Gasteiger partial charge in [0, 0.05) is 12.2 Å². The lowest BCUT2D eigenvalue weighted by atomic mass is 9.75. The van der Waals surface area contributed by atoms with Gasteiger partial charge >= 0.3 is 0 Å². The van der Waals surface area contributed by atoms with E-state index >= 15 is 0 Å². The van der Waals surface area contributed by atoms with Gasteiger partial charge in [-0.15, -0.1) is 0 Å². The van der Waals surface area contributed by atoms with Crippen LogP contribution in [0.2, 0.25) is 0 Å². The highest BCUT2D eigenvalue weighted by molar-refractivity contribution is 6.06. The van der Waals surface area contributed by atoms with Crippen molar-refractivity contribution in [2.24, 2.45) is 5.73 Å². The van der Waals surface area contributed by atoms with Crippen LogP contribution < -0.4 is 11.1 Å². The fourth-order valence-electron chi connectivity index (χ4n) is 2.72. The zero-order valence-electron chi connectivity index (χ0n) is 9.84. The second kappa shape index (κ2) is 3.91. The molecule has 1 heterocycles. The number of hydrogen-bond acceptors (Lipinski definition) is 2. The molecule has 0 spiro atoms. The van der Waals surface area contributed by atoms with Gasteiger partial charge in [0.25, 0.3) is 0 Å². The molecule has 0 fully saturated rings. The predicted octanol–water partition coefficient (Wildman–Crippen LogP) is 2.16. The Kier molecular flexibility index (Phi) is 2.72. The van der Waals surface area contributed by atoms with Gasteiger partial charge in [0.1, 0.15) is 0 Å². The molecular weight excluding hydrogens is 200 g/mol. The molecular formula is C13H18N2O. The summed E-state index contributed by atoms with van der Waals surface area (Å²) in [7, 11) is 0. The Balaban J connectivity index is 2.66. The molecule has 0 aliphatic carbocycles. The van der Waals surface area contributed by atoms with E-state index in [0.717, 1.165) is 29.7 Å². The molecule has 3 heteroatoms. The van der Waals surface area contributed by atoms with E-state index in [1.807, 2.05) is 18.2 Å². The Morgan fingerprint density at radius 1 is 1.31 bits per heavy atom. The molecule has 0 aromatic heterocycles. The smallest absolute Gasteiger partial charge is 0.235 e. The molecule has 0 atom stereocenters. The number of rotatable bonds is 3. The topological polar surface area (TPSA) is 55.1 Å². The van der Waals surface area contributed by atoms with Gasteiger partial charge in [-0.1, -0.05) is 26.0 Å². The van der Waals surface area contributed by atoms with E-state index in [-0.39, 0.29) is 11.3 Å². The van der Waals surface area contributed by atoms with Crippen molar-refractivity contribution in [2.75, 3.05) is 5.32 Å². The first kappa shape index (κ1) is 11.1. The van der Waals surface area contributed by atoms with E-state index in [1.165, 1.54) is 0 Å². The molecule has 1 aromatic carbocycles. The number of hydrogen-bond donors (Lipinski definition) is 2. The Labute approximate surface area is 96.0 Å². The molecule has 16 heavy (non-hydrogen) atoms. The van der Waals surface area contributed by atoms with Gasteiger partial charge < -0.3 is 11.1 Å². The Bertz CT molecular complexity index is 422.